The molecule has 2 heteroatoms. The smallest absolute Gasteiger partial charge is 0.106 e. The number of hydrogen-bond donors (Lipinski definition) is 1. The van der Waals surface area contributed by atoms with E-state index >= 15 is 0 Å². The minimum absolute atomic E-state index is 0.112. The number of alkyl halides is 1. The predicted octanol–water partition coefficient (Wildman–Crippen LogP) is 3.64. The molecule has 0 aliphatic heterocycles. The van der Waals surface area contributed by atoms with Gasteiger partial charge in [-0.3, -0.25) is 0 Å². The Hall–Kier alpha value is 0.0200. The molecule has 0 saturated heterocycles. The average molecular weight is 190 g/mol. The maximum Gasteiger partial charge on any atom is 0.106 e. The molecule has 1 atom stereocenters. The molecule has 0 aromatic rings. The topological polar surface area (TPSA) is 0 Å². The van der Waals surface area contributed by atoms with Crippen molar-refractivity contribution in [2.24, 2.45) is 5.92 Å². The van der Waals surface area contributed by atoms with Crippen molar-refractivity contribution < 1.29 is 4.39 Å². The highest BCUT2D eigenvalue weighted by Crippen LogP contribution is 2.32. The number of rotatable bonds is 4. The van der Waals surface area contributed by atoms with Gasteiger partial charge in [-0.05, 0) is 26.2 Å². The molecule has 0 aliphatic carbocycles. The largest absolute Gasteiger partial charge is 0.244 e. The molecule has 1 unspecified atom stereocenters. The third-order valence-corrected chi connectivity index (χ3v) is 2.23. The Balaban J connectivity index is 4.30. The van der Waals surface area contributed by atoms with Gasteiger partial charge in [0, 0.05) is 4.75 Å². The molecule has 0 aliphatic rings. The summed E-state index contributed by atoms with van der Waals surface area (Å²) in [5.74, 6) is 0.112. The normalized spacial score (nSPS) is 15.8. The van der Waals surface area contributed by atoms with Crippen LogP contribution in [0.25, 0.3) is 0 Å². The number of allylic oxidation sites excluding steroid dienone is 1. The van der Waals surface area contributed by atoms with Crippen LogP contribution in [0.3, 0.4) is 0 Å². The maximum absolute atomic E-state index is 13.3. The second kappa shape index (κ2) is 3.82. The molecular formula is C10H19FS. The van der Waals surface area contributed by atoms with E-state index in [1.54, 1.807) is 19.9 Å². The van der Waals surface area contributed by atoms with Crippen LogP contribution in [0.1, 0.15) is 34.1 Å². The molecule has 0 N–H and O–H groups in total. The van der Waals surface area contributed by atoms with Crippen molar-refractivity contribution in [1.82, 2.24) is 0 Å². The number of hydrogen-bond acceptors (Lipinski definition) is 1. The Bertz CT molecular complexity index is 150. The van der Waals surface area contributed by atoms with Gasteiger partial charge in [-0.1, -0.05) is 19.9 Å². The van der Waals surface area contributed by atoms with Gasteiger partial charge >= 0.3 is 0 Å². The van der Waals surface area contributed by atoms with Crippen molar-refractivity contribution in [2.75, 3.05) is 0 Å². The summed E-state index contributed by atoms with van der Waals surface area (Å²) >= 11 is 4.40. The minimum atomic E-state index is -1.14. The lowest BCUT2D eigenvalue weighted by Gasteiger charge is -2.30. The SMILES string of the molecule is C=CC(CC(C)(C)F)C(C)(C)S. The van der Waals surface area contributed by atoms with Gasteiger partial charge in [-0.15, -0.1) is 6.58 Å². The fraction of sp³-hybridized carbons (Fsp3) is 0.800. The van der Waals surface area contributed by atoms with Gasteiger partial charge in [0.2, 0.25) is 0 Å². The molecule has 0 rings (SSSR count). The molecule has 72 valence electrons. The highest BCUT2D eigenvalue weighted by atomic mass is 32.1. The molecule has 0 aromatic heterocycles. The summed E-state index contributed by atoms with van der Waals surface area (Å²) in [6.07, 6.45) is 2.27. The summed E-state index contributed by atoms with van der Waals surface area (Å²) in [5, 5.41) is 0. The fourth-order valence-electron chi connectivity index (χ4n) is 1.14. The van der Waals surface area contributed by atoms with Crippen LogP contribution in [0.5, 0.6) is 0 Å². The van der Waals surface area contributed by atoms with Crippen LogP contribution in [0.15, 0.2) is 12.7 Å². The van der Waals surface area contributed by atoms with Crippen molar-refractivity contribution in [3.63, 3.8) is 0 Å². The number of halogens is 1. The highest BCUT2D eigenvalue weighted by molar-refractivity contribution is 7.81. The van der Waals surface area contributed by atoms with Crippen LogP contribution in [-0.2, 0) is 0 Å². The highest BCUT2D eigenvalue weighted by Gasteiger charge is 2.29. The Morgan fingerprint density at radius 1 is 1.42 bits per heavy atom. The van der Waals surface area contributed by atoms with E-state index in [0.29, 0.717) is 6.42 Å². The first-order valence-electron chi connectivity index (χ1n) is 4.20. The van der Waals surface area contributed by atoms with E-state index in [9.17, 15) is 4.39 Å². The first-order chi connectivity index (χ1) is 5.17. The van der Waals surface area contributed by atoms with Crippen molar-refractivity contribution >= 4 is 12.6 Å². The summed E-state index contributed by atoms with van der Waals surface area (Å²) in [4.78, 5) is 0. The summed E-state index contributed by atoms with van der Waals surface area (Å²) in [5.41, 5.74) is -1.14. The molecular weight excluding hydrogens is 171 g/mol. The van der Waals surface area contributed by atoms with E-state index in [4.69, 9.17) is 0 Å². The monoisotopic (exact) mass is 190 g/mol. The Labute approximate surface area is 80.7 Å². The van der Waals surface area contributed by atoms with Gasteiger partial charge in [0.05, 0.1) is 0 Å². The first-order valence-corrected chi connectivity index (χ1v) is 4.65. The summed E-state index contributed by atoms with van der Waals surface area (Å²) < 4.78 is 13.1. The van der Waals surface area contributed by atoms with Crippen molar-refractivity contribution in [2.45, 2.75) is 44.5 Å². The second-order valence-electron chi connectivity index (χ2n) is 4.42. The Kier molecular flexibility index (Phi) is 3.83. The molecule has 0 nitrogen and oxygen atoms in total. The van der Waals surface area contributed by atoms with Crippen LogP contribution < -0.4 is 0 Å². The van der Waals surface area contributed by atoms with Crippen LogP contribution in [0.4, 0.5) is 4.39 Å². The lowest BCUT2D eigenvalue weighted by Crippen LogP contribution is -2.29. The van der Waals surface area contributed by atoms with Gasteiger partial charge in [-0.25, -0.2) is 4.39 Å². The summed E-state index contributed by atoms with van der Waals surface area (Å²) in [6, 6.07) is 0. The second-order valence-corrected chi connectivity index (χ2v) is 5.57. The summed E-state index contributed by atoms with van der Waals surface area (Å²) in [6.45, 7) is 10.8. The lowest BCUT2D eigenvalue weighted by molar-refractivity contribution is 0.172. The van der Waals surface area contributed by atoms with Crippen LogP contribution >= 0.6 is 12.6 Å². The molecule has 0 spiro atoms. The molecule has 0 saturated carbocycles. The first kappa shape index (κ1) is 12.0. The quantitative estimate of drug-likeness (QED) is 0.508. The molecule has 0 heterocycles. The standard InChI is InChI=1S/C10H19FS/c1-6-8(10(4,5)12)7-9(2,3)11/h6,8,12H,1,7H2,2-5H3. The van der Waals surface area contributed by atoms with Crippen molar-refractivity contribution in [3.05, 3.63) is 12.7 Å². The van der Waals surface area contributed by atoms with E-state index < -0.39 is 5.67 Å². The van der Waals surface area contributed by atoms with Gasteiger partial charge in [0.15, 0.2) is 0 Å². The average Bonchev–Trinajstić information content (AvgIpc) is 1.78. The third kappa shape index (κ3) is 4.81. The third-order valence-electron chi connectivity index (χ3n) is 1.90. The van der Waals surface area contributed by atoms with Gasteiger partial charge in [0.1, 0.15) is 5.67 Å². The summed E-state index contributed by atoms with van der Waals surface area (Å²) in [7, 11) is 0. The van der Waals surface area contributed by atoms with E-state index in [0.717, 1.165) is 0 Å². The molecule has 0 radical (unpaired) electrons. The molecule has 0 bridgehead atoms. The van der Waals surface area contributed by atoms with E-state index in [2.05, 4.69) is 19.2 Å². The predicted molar refractivity (Wildman–Crippen MR) is 56.6 cm³/mol. The van der Waals surface area contributed by atoms with Crippen molar-refractivity contribution in [1.29, 1.82) is 0 Å². The van der Waals surface area contributed by atoms with Crippen LogP contribution in [0, 0.1) is 5.92 Å². The van der Waals surface area contributed by atoms with Crippen molar-refractivity contribution in [3.8, 4) is 0 Å². The molecule has 0 fully saturated rings. The maximum atomic E-state index is 13.3. The van der Waals surface area contributed by atoms with Gasteiger partial charge < -0.3 is 0 Å². The Morgan fingerprint density at radius 3 is 1.92 bits per heavy atom. The van der Waals surface area contributed by atoms with E-state index in [-0.39, 0.29) is 10.7 Å². The van der Waals surface area contributed by atoms with Crippen LogP contribution in [0.2, 0.25) is 0 Å². The minimum Gasteiger partial charge on any atom is -0.244 e. The van der Waals surface area contributed by atoms with Gasteiger partial charge in [-0.2, -0.15) is 12.6 Å². The fourth-order valence-corrected chi connectivity index (χ4v) is 1.34. The lowest BCUT2D eigenvalue weighted by atomic mass is 9.86. The molecule has 0 aromatic carbocycles. The van der Waals surface area contributed by atoms with E-state index in [1.165, 1.54) is 0 Å². The zero-order valence-electron chi connectivity index (χ0n) is 8.39. The molecule has 0 amide bonds. The number of thiol groups is 1. The Morgan fingerprint density at radius 2 is 1.83 bits per heavy atom. The zero-order chi connectivity index (χ0) is 9.99. The van der Waals surface area contributed by atoms with Crippen LogP contribution in [-0.4, -0.2) is 10.4 Å². The molecule has 12 heavy (non-hydrogen) atoms. The van der Waals surface area contributed by atoms with E-state index in [1.807, 2.05) is 13.8 Å². The van der Waals surface area contributed by atoms with Gasteiger partial charge in [0.25, 0.3) is 0 Å². The zero-order valence-corrected chi connectivity index (χ0v) is 9.29.